The number of carbonyl (C=O) groups is 1. The second kappa shape index (κ2) is 8.59. The lowest BCUT2D eigenvalue weighted by Crippen LogP contribution is -2.40. The molecule has 0 unspecified atom stereocenters. The van der Waals surface area contributed by atoms with Gasteiger partial charge in [0, 0.05) is 11.0 Å². The lowest BCUT2D eigenvalue weighted by molar-refractivity contribution is -0.115. The van der Waals surface area contributed by atoms with E-state index >= 15 is 0 Å². The van der Waals surface area contributed by atoms with E-state index in [-0.39, 0.29) is 22.9 Å². The van der Waals surface area contributed by atoms with Gasteiger partial charge in [-0.3, -0.25) is 19.1 Å². The van der Waals surface area contributed by atoms with Gasteiger partial charge in [0.2, 0.25) is 5.91 Å². The van der Waals surface area contributed by atoms with E-state index in [0.29, 0.717) is 0 Å². The van der Waals surface area contributed by atoms with E-state index in [1.54, 1.807) is 6.08 Å². The Morgan fingerprint density at radius 1 is 1.21 bits per heavy atom. The van der Waals surface area contributed by atoms with Crippen LogP contribution in [0.3, 0.4) is 0 Å². The highest BCUT2D eigenvalue weighted by atomic mass is 32.1. The maximum Gasteiger partial charge on any atom is 0.330 e. The van der Waals surface area contributed by atoms with Crippen LogP contribution in [0.5, 0.6) is 0 Å². The summed E-state index contributed by atoms with van der Waals surface area (Å²) in [7, 11) is 0. The summed E-state index contributed by atoms with van der Waals surface area (Å²) in [5, 5.41) is 4.33. The number of thiocarbonyl (C=S) groups is 1. The van der Waals surface area contributed by atoms with Gasteiger partial charge in [-0.05, 0) is 23.1 Å². The number of aromatic nitrogens is 2. The third-order valence-corrected chi connectivity index (χ3v) is 4.97. The van der Waals surface area contributed by atoms with E-state index in [4.69, 9.17) is 18.0 Å². The fraction of sp³-hybridized carbons (Fsp3) is 0.0526. The zero-order valence-corrected chi connectivity index (χ0v) is 16.2. The molecule has 1 aromatic carbocycles. The number of thiophene rings is 1. The Bertz CT molecular complexity index is 1150. The van der Waals surface area contributed by atoms with Gasteiger partial charge in [-0.2, -0.15) is 0 Å². The molecule has 0 bridgehead atoms. The summed E-state index contributed by atoms with van der Waals surface area (Å²) in [6.07, 6.45) is 2.94. The smallest absolute Gasteiger partial charge is 0.330 e. The van der Waals surface area contributed by atoms with Crippen LogP contribution in [-0.2, 0) is 11.3 Å². The second-order valence-corrected chi connectivity index (χ2v) is 7.15. The van der Waals surface area contributed by atoms with Crippen LogP contribution in [0.15, 0.2) is 63.5 Å². The first-order valence-corrected chi connectivity index (χ1v) is 9.48. The average molecular weight is 412 g/mol. The first-order valence-electron chi connectivity index (χ1n) is 8.19. The van der Waals surface area contributed by atoms with Crippen LogP contribution in [0.1, 0.15) is 16.0 Å². The molecule has 3 aromatic rings. The standard InChI is InChI=1S/C19H16N4O3S2/c20-16-15(18(27)21-14(24)9-8-13-7-4-10-28-13)17(25)22-19(26)23(16)11-12-5-2-1-3-6-12/h1-10H,11,20H2,(H,21,24,27)(H,22,25,26)/b9-8+. The molecule has 2 aromatic heterocycles. The van der Waals surface area contributed by atoms with Crippen LogP contribution in [0.4, 0.5) is 5.82 Å². The number of aromatic amines is 1. The maximum absolute atomic E-state index is 12.2. The van der Waals surface area contributed by atoms with Crippen molar-refractivity contribution < 1.29 is 4.79 Å². The zero-order chi connectivity index (χ0) is 20.1. The molecule has 0 aliphatic carbocycles. The van der Waals surface area contributed by atoms with Gasteiger partial charge in [0.15, 0.2) is 0 Å². The van der Waals surface area contributed by atoms with Crippen LogP contribution < -0.4 is 22.3 Å². The SMILES string of the molecule is Nc1c(C(=S)NC(=O)/C=C/c2cccs2)c(=O)[nH]c(=O)n1Cc1ccccc1. The van der Waals surface area contributed by atoms with Gasteiger partial charge in [0.05, 0.1) is 6.54 Å². The molecule has 2 heterocycles. The zero-order valence-electron chi connectivity index (χ0n) is 14.5. The van der Waals surface area contributed by atoms with Gasteiger partial charge in [-0.15, -0.1) is 11.3 Å². The summed E-state index contributed by atoms with van der Waals surface area (Å²) in [6.45, 7) is 0.157. The van der Waals surface area contributed by atoms with Crippen molar-refractivity contribution in [2.24, 2.45) is 0 Å². The molecule has 0 saturated carbocycles. The molecule has 7 nitrogen and oxygen atoms in total. The van der Waals surface area contributed by atoms with Crippen molar-refractivity contribution in [2.45, 2.75) is 6.54 Å². The van der Waals surface area contributed by atoms with Crippen LogP contribution in [0.2, 0.25) is 0 Å². The minimum absolute atomic E-state index is 0.106. The molecule has 0 aliphatic rings. The number of nitrogen functional groups attached to an aromatic ring is 1. The number of anilines is 1. The second-order valence-electron chi connectivity index (χ2n) is 5.76. The Hall–Kier alpha value is -3.30. The van der Waals surface area contributed by atoms with E-state index in [2.05, 4.69) is 10.3 Å². The van der Waals surface area contributed by atoms with Crippen molar-refractivity contribution in [2.75, 3.05) is 5.73 Å². The molecule has 0 atom stereocenters. The number of nitrogens with zero attached hydrogens (tertiary/aromatic N) is 1. The number of hydrogen-bond donors (Lipinski definition) is 3. The fourth-order valence-corrected chi connectivity index (χ4v) is 3.41. The van der Waals surface area contributed by atoms with Crippen LogP contribution in [0, 0.1) is 0 Å². The van der Waals surface area contributed by atoms with Crippen molar-refractivity contribution >= 4 is 46.3 Å². The fourth-order valence-electron chi connectivity index (χ4n) is 2.49. The summed E-state index contributed by atoms with van der Waals surface area (Å²) in [6, 6.07) is 12.9. The molecule has 4 N–H and O–H groups in total. The Kier molecular flexibility index (Phi) is 5.97. The minimum atomic E-state index is -0.751. The quantitative estimate of drug-likeness (QED) is 0.437. The monoisotopic (exact) mass is 412 g/mol. The Labute approximate surface area is 169 Å². The van der Waals surface area contributed by atoms with Gasteiger partial charge in [0.1, 0.15) is 16.4 Å². The van der Waals surface area contributed by atoms with E-state index in [9.17, 15) is 14.4 Å². The van der Waals surface area contributed by atoms with Gasteiger partial charge in [0.25, 0.3) is 5.56 Å². The molecule has 1 amide bonds. The number of nitrogens with one attached hydrogen (secondary N) is 2. The maximum atomic E-state index is 12.2. The molecule has 0 spiro atoms. The number of rotatable bonds is 5. The molecule has 28 heavy (non-hydrogen) atoms. The molecule has 0 radical (unpaired) electrons. The third kappa shape index (κ3) is 4.51. The number of carbonyl (C=O) groups excluding carboxylic acids is 1. The molecule has 9 heteroatoms. The highest BCUT2D eigenvalue weighted by Crippen LogP contribution is 2.11. The third-order valence-electron chi connectivity index (χ3n) is 3.83. The molecule has 142 valence electrons. The predicted octanol–water partition coefficient (Wildman–Crippen LogP) is 1.73. The van der Waals surface area contributed by atoms with E-state index in [1.165, 1.54) is 22.0 Å². The number of benzene rings is 1. The van der Waals surface area contributed by atoms with Crippen molar-refractivity contribution in [1.82, 2.24) is 14.9 Å². The van der Waals surface area contributed by atoms with Crippen LogP contribution in [0.25, 0.3) is 6.08 Å². The number of hydrogen-bond acceptors (Lipinski definition) is 6. The number of nitrogens with two attached hydrogens (primary N) is 1. The first kappa shape index (κ1) is 19.5. The molecule has 3 rings (SSSR count). The summed E-state index contributed by atoms with van der Waals surface area (Å²) >= 11 is 6.65. The average Bonchev–Trinajstić information content (AvgIpc) is 3.18. The van der Waals surface area contributed by atoms with Crippen molar-refractivity contribution in [3.05, 3.63) is 90.8 Å². The lowest BCUT2D eigenvalue weighted by atomic mass is 10.2. The highest BCUT2D eigenvalue weighted by molar-refractivity contribution is 7.80. The summed E-state index contributed by atoms with van der Waals surface area (Å²) in [5.41, 5.74) is 5.35. The first-order chi connectivity index (χ1) is 13.5. The van der Waals surface area contributed by atoms with E-state index < -0.39 is 17.2 Å². The number of amides is 1. The largest absolute Gasteiger partial charge is 0.384 e. The van der Waals surface area contributed by atoms with Crippen molar-refractivity contribution in [3.8, 4) is 0 Å². The lowest BCUT2D eigenvalue weighted by Gasteiger charge is -2.13. The van der Waals surface area contributed by atoms with Gasteiger partial charge in [-0.25, -0.2) is 4.79 Å². The van der Waals surface area contributed by atoms with Gasteiger partial charge < -0.3 is 11.1 Å². The van der Waals surface area contributed by atoms with Crippen LogP contribution in [-0.4, -0.2) is 20.4 Å². The molecule has 0 saturated heterocycles. The van der Waals surface area contributed by atoms with E-state index in [1.807, 2.05) is 47.8 Å². The molecule has 0 aliphatic heterocycles. The van der Waals surface area contributed by atoms with Crippen molar-refractivity contribution in [1.29, 1.82) is 0 Å². The minimum Gasteiger partial charge on any atom is -0.384 e. The Morgan fingerprint density at radius 3 is 2.64 bits per heavy atom. The van der Waals surface area contributed by atoms with Crippen molar-refractivity contribution in [3.63, 3.8) is 0 Å². The van der Waals surface area contributed by atoms with E-state index in [0.717, 1.165) is 10.4 Å². The summed E-state index contributed by atoms with van der Waals surface area (Å²) in [5.74, 6) is -0.608. The topological polar surface area (TPSA) is 110 Å². The van der Waals surface area contributed by atoms with Gasteiger partial charge in [-0.1, -0.05) is 48.6 Å². The summed E-state index contributed by atoms with van der Waals surface area (Å²) < 4.78 is 1.20. The van der Waals surface area contributed by atoms with Gasteiger partial charge >= 0.3 is 5.69 Å². The van der Waals surface area contributed by atoms with Crippen LogP contribution >= 0.6 is 23.6 Å². The highest BCUT2D eigenvalue weighted by Gasteiger charge is 2.17. The Morgan fingerprint density at radius 2 is 1.96 bits per heavy atom. The Balaban J connectivity index is 1.85. The predicted molar refractivity (Wildman–Crippen MR) is 114 cm³/mol. The molecular weight excluding hydrogens is 396 g/mol. The normalized spacial score (nSPS) is 10.9. The number of H-pyrrole nitrogens is 1. The summed E-state index contributed by atoms with van der Waals surface area (Å²) in [4.78, 5) is 39.4. The molecular formula is C19H16N4O3S2. The molecule has 0 fully saturated rings.